The highest BCUT2D eigenvalue weighted by atomic mass is 19.1. The molecule has 1 amide bonds. The number of nitrogens with one attached hydrogen (secondary N) is 1. The number of ether oxygens (including phenoxy) is 1. The number of rotatable bonds is 6. The van der Waals surface area contributed by atoms with Crippen molar-refractivity contribution in [3.05, 3.63) is 65.1 Å². The summed E-state index contributed by atoms with van der Waals surface area (Å²) in [7, 11) is 0. The fourth-order valence-electron chi connectivity index (χ4n) is 2.62. The second kappa shape index (κ2) is 7.49. The second-order valence-corrected chi connectivity index (χ2v) is 5.58. The summed E-state index contributed by atoms with van der Waals surface area (Å²) in [5.74, 6) is -1.48. The summed E-state index contributed by atoms with van der Waals surface area (Å²) in [4.78, 5) is 16.6. The van der Waals surface area contributed by atoms with E-state index in [2.05, 4.69) is 10.3 Å². The van der Waals surface area contributed by atoms with Crippen LogP contribution in [0.2, 0.25) is 0 Å². The summed E-state index contributed by atoms with van der Waals surface area (Å²) in [6, 6.07) is 6.85. The van der Waals surface area contributed by atoms with Gasteiger partial charge in [-0.3, -0.25) is 9.20 Å². The number of aromatic nitrogens is 2. The number of carbonyl (C=O) groups is 1. The van der Waals surface area contributed by atoms with Gasteiger partial charge in [-0.2, -0.15) is 0 Å². The molecular weight excluding hydrogens is 344 g/mol. The van der Waals surface area contributed by atoms with Crippen molar-refractivity contribution in [2.24, 2.45) is 0 Å². The molecule has 0 fully saturated rings. The van der Waals surface area contributed by atoms with Crippen molar-refractivity contribution in [2.75, 3.05) is 13.2 Å². The molecule has 0 radical (unpaired) electrons. The molecule has 2 N–H and O–H groups in total. The maximum Gasteiger partial charge on any atom is 0.270 e. The lowest BCUT2D eigenvalue weighted by atomic mass is 10.2. The van der Waals surface area contributed by atoms with Gasteiger partial charge in [-0.25, -0.2) is 13.8 Å². The Hall–Kier alpha value is -3.00. The number of aliphatic hydroxyl groups excluding tert-OH is 1. The quantitative estimate of drug-likeness (QED) is 0.706. The van der Waals surface area contributed by atoms with Crippen LogP contribution >= 0.6 is 0 Å². The molecule has 2 aromatic heterocycles. The van der Waals surface area contributed by atoms with Crippen LogP contribution in [0, 0.1) is 18.6 Å². The largest absolute Gasteiger partial charge is 0.485 e. The molecule has 0 atom stereocenters. The molecule has 0 saturated heterocycles. The third-order valence-electron chi connectivity index (χ3n) is 3.83. The minimum Gasteiger partial charge on any atom is -0.485 e. The maximum absolute atomic E-state index is 13.7. The van der Waals surface area contributed by atoms with Gasteiger partial charge in [0.25, 0.3) is 5.91 Å². The molecule has 8 heteroatoms. The Morgan fingerprint density at radius 2 is 2.00 bits per heavy atom. The molecule has 0 bridgehead atoms. The van der Waals surface area contributed by atoms with E-state index in [1.54, 1.807) is 25.3 Å². The van der Waals surface area contributed by atoms with E-state index in [-0.39, 0.29) is 31.2 Å². The molecule has 26 heavy (non-hydrogen) atoms. The van der Waals surface area contributed by atoms with Crippen LogP contribution in [0.5, 0.6) is 5.75 Å². The van der Waals surface area contributed by atoms with Gasteiger partial charge < -0.3 is 15.2 Å². The average Bonchev–Trinajstić information content (AvgIpc) is 2.96. The minimum absolute atomic E-state index is 0.119. The number of hydrogen-bond acceptors (Lipinski definition) is 4. The summed E-state index contributed by atoms with van der Waals surface area (Å²) >= 11 is 0. The second-order valence-electron chi connectivity index (χ2n) is 5.58. The van der Waals surface area contributed by atoms with Crippen LogP contribution in [0.4, 0.5) is 8.78 Å². The van der Waals surface area contributed by atoms with Gasteiger partial charge in [-0.1, -0.05) is 6.07 Å². The summed E-state index contributed by atoms with van der Waals surface area (Å²) in [6.45, 7) is 1.30. The number of benzene rings is 1. The zero-order valence-electron chi connectivity index (χ0n) is 14.0. The molecule has 0 aliphatic rings. The monoisotopic (exact) mass is 361 g/mol. The standard InChI is InChI=1S/C18H17F2N3O3/c1-11-16(18(25)21-7-9-24)23-8-3-6-15(17(23)22-11)26-10-12-13(19)4-2-5-14(12)20/h2-6,8,24H,7,9-10H2,1H3,(H,21,25). The molecule has 2 heterocycles. The van der Waals surface area contributed by atoms with Crippen LogP contribution in [0.1, 0.15) is 21.7 Å². The van der Waals surface area contributed by atoms with Crippen molar-refractivity contribution in [2.45, 2.75) is 13.5 Å². The zero-order valence-corrected chi connectivity index (χ0v) is 14.0. The third kappa shape index (κ3) is 3.36. The Kier molecular flexibility index (Phi) is 5.13. The highest BCUT2D eigenvalue weighted by Crippen LogP contribution is 2.24. The Labute approximate surface area is 148 Å². The number of nitrogens with zero attached hydrogens (tertiary/aromatic N) is 2. The molecule has 0 aliphatic carbocycles. The molecule has 3 rings (SSSR count). The van der Waals surface area contributed by atoms with E-state index in [9.17, 15) is 13.6 Å². The molecule has 3 aromatic rings. The van der Waals surface area contributed by atoms with Gasteiger partial charge in [0.05, 0.1) is 17.9 Å². The number of imidazole rings is 1. The SMILES string of the molecule is Cc1nc2c(OCc3c(F)cccc3F)cccn2c1C(=O)NCCO. The Morgan fingerprint density at radius 1 is 1.27 bits per heavy atom. The summed E-state index contributed by atoms with van der Waals surface area (Å²) in [5.41, 5.74) is 0.944. The van der Waals surface area contributed by atoms with Gasteiger partial charge >= 0.3 is 0 Å². The zero-order chi connectivity index (χ0) is 18.7. The average molecular weight is 361 g/mol. The van der Waals surface area contributed by atoms with Crippen molar-refractivity contribution in [1.29, 1.82) is 0 Å². The van der Waals surface area contributed by atoms with Crippen molar-refractivity contribution in [1.82, 2.24) is 14.7 Å². The number of fused-ring (bicyclic) bond motifs is 1. The number of amides is 1. The van der Waals surface area contributed by atoms with E-state index in [1.807, 2.05) is 0 Å². The van der Waals surface area contributed by atoms with E-state index in [4.69, 9.17) is 9.84 Å². The first kappa shape index (κ1) is 17.8. The van der Waals surface area contributed by atoms with Crippen LogP contribution < -0.4 is 10.1 Å². The molecule has 0 aliphatic heterocycles. The number of aryl methyl sites for hydroxylation is 1. The van der Waals surface area contributed by atoms with E-state index in [0.717, 1.165) is 12.1 Å². The Bertz CT molecular complexity index is 936. The van der Waals surface area contributed by atoms with Crippen LogP contribution in [0.3, 0.4) is 0 Å². The first-order valence-corrected chi connectivity index (χ1v) is 7.95. The first-order chi connectivity index (χ1) is 12.5. The van der Waals surface area contributed by atoms with Crippen LogP contribution in [-0.2, 0) is 6.61 Å². The van der Waals surface area contributed by atoms with Crippen LogP contribution in [0.15, 0.2) is 36.5 Å². The summed E-state index contributed by atoms with van der Waals surface area (Å²) < 4.78 is 34.6. The number of halogens is 2. The molecule has 0 unspecified atom stereocenters. The number of carbonyl (C=O) groups excluding carboxylic acids is 1. The first-order valence-electron chi connectivity index (χ1n) is 7.95. The normalized spacial score (nSPS) is 10.9. The topological polar surface area (TPSA) is 75.9 Å². The number of hydrogen-bond donors (Lipinski definition) is 2. The lowest BCUT2D eigenvalue weighted by molar-refractivity contribution is 0.0938. The summed E-state index contributed by atoms with van der Waals surface area (Å²) in [5, 5.41) is 11.4. The van der Waals surface area contributed by atoms with Crippen molar-refractivity contribution in [3.8, 4) is 5.75 Å². The van der Waals surface area contributed by atoms with Gasteiger partial charge in [0.1, 0.15) is 23.9 Å². The van der Waals surface area contributed by atoms with Crippen LogP contribution in [0.25, 0.3) is 5.65 Å². The summed E-state index contributed by atoms with van der Waals surface area (Å²) in [6.07, 6.45) is 1.64. The third-order valence-corrected chi connectivity index (χ3v) is 3.83. The lowest BCUT2D eigenvalue weighted by Gasteiger charge is -2.09. The predicted molar refractivity (Wildman–Crippen MR) is 90.0 cm³/mol. The number of aliphatic hydroxyl groups is 1. The fraction of sp³-hybridized carbons (Fsp3) is 0.222. The van der Waals surface area contributed by atoms with Gasteiger partial charge in [-0.15, -0.1) is 0 Å². The van der Waals surface area contributed by atoms with E-state index in [1.165, 1.54) is 10.5 Å². The van der Waals surface area contributed by atoms with Crippen molar-refractivity contribution >= 4 is 11.6 Å². The van der Waals surface area contributed by atoms with Gasteiger partial charge in [-0.05, 0) is 31.2 Å². The van der Waals surface area contributed by atoms with Gasteiger partial charge in [0, 0.05) is 12.7 Å². The molecule has 1 aromatic carbocycles. The molecular formula is C18H17F2N3O3. The molecule has 6 nitrogen and oxygen atoms in total. The fourth-order valence-corrected chi connectivity index (χ4v) is 2.62. The lowest BCUT2D eigenvalue weighted by Crippen LogP contribution is -2.28. The maximum atomic E-state index is 13.7. The smallest absolute Gasteiger partial charge is 0.270 e. The van der Waals surface area contributed by atoms with Gasteiger partial charge in [0.2, 0.25) is 0 Å². The molecule has 0 spiro atoms. The van der Waals surface area contributed by atoms with Crippen molar-refractivity contribution in [3.63, 3.8) is 0 Å². The molecule has 136 valence electrons. The van der Waals surface area contributed by atoms with E-state index < -0.39 is 11.6 Å². The Morgan fingerprint density at radius 3 is 2.69 bits per heavy atom. The van der Waals surface area contributed by atoms with Crippen LogP contribution in [-0.4, -0.2) is 33.6 Å². The van der Waals surface area contributed by atoms with E-state index >= 15 is 0 Å². The highest BCUT2D eigenvalue weighted by Gasteiger charge is 2.19. The highest BCUT2D eigenvalue weighted by molar-refractivity contribution is 5.94. The van der Waals surface area contributed by atoms with Crippen molar-refractivity contribution < 1.29 is 23.4 Å². The molecule has 0 saturated carbocycles. The van der Waals surface area contributed by atoms with E-state index in [0.29, 0.717) is 22.8 Å². The number of pyridine rings is 1. The Balaban J connectivity index is 1.92. The minimum atomic E-state index is -0.694. The predicted octanol–water partition coefficient (Wildman–Crippen LogP) is 2.22. The van der Waals surface area contributed by atoms with Gasteiger partial charge in [0.15, 0.2) is 11.4 Å².